The Morgan fingerprint density at radius 1 is 1.60 bits per heavy atom. The van der Waals surface area contributed by atoms with Gasteiger partial charge in [-0.25, -0.2) is 0 Å². The van der Waals surface area contributed by atoms with Gasteiger partial charge in [-0.15, -0.1) is 0 Å². The lowest BCUT2D eigenvalue weighted by Gasteiger charge is -2.07. The second-order valence-corrected chi connectivity index (χ2v) is 2.30. The molecule has 0 fully saturated rings. The summed E-state index contributed by atoms with van der Waals surface area (Å²) in [5.41, 5.74) is 0. The van der Waals surface area contributed by atoms with E-state index in [9.17, 15) is 18.0 Å². The molecule has 0 aromatic rings. The number of carboxylic acids is 1. The van der Waals surface area contributed by atoms with Gasteiger partial charge in [-0.3, -0.25) is 4.79 Å². The Balaban J connectivity index is 3.80. The molecule has 60 valence electrons. The normalized spacial score (nSPS) is 14.8. The average molecular weight is 174 g/mol. The lowest BCUT2D eigenvalue weighted by atomic mass is 10.3. The Morgan fingerprint density at radius 3 is 2.10 bits per heavy atom. The smallest absolute Gasteiger partial charge is 0.390 e. The van der Waals surface area contributed by atoms with Gasteiger partial charge in [0.05, 0.1) is 6.42 Å². The van der Waals surface area contributed by atoms with Crippen molar-refractivity contribution in [2.75, 3.05) is 0 Å². The number of hydrogen-bond acceptors (Lipinski definition) is 2. The van der Waals surface area contributed by atoms with E-state index in [2.05, 4.69) is 12.6 Å². The summed E-state index contributed by atoms with van der Waals surface area (Å²) in [4.78, 5) is 9.80. The van der Waals surface area contributed by atoms with Crippen molar-refractivity contribution in [3.63, 3.8) is 0 Å². The third kappa shape index (κ3) is 4.49. The van der Waals surface area contributed by atoms with Crippen molar-refractivity contribution in [1.29, 1.82) is 0 Å². The molecular weight excluding hydrogens is 169 g/mol. The molecule has 0 aromatic carbocycles. The summed E-state index contributed by atoms with van der Waals surface area (Å²) in [7, 11) is 0. The van der Waals surface area contributed by atoms with Gasteiger partial charge < -0.3 is 5.11 Å². The summed E-state index contributed by atoms with van der Waals surface area (Å²) in [6, 6.07) is 0. The maximum atomic E-state index is 11.4. The molecule has 0 unspecified atom stereocenters. The van der Waals surface area contributed by atoms with Gasteiger partial charge in [0.15, 0.2) is 0 Å². The van der Waals surface area contributed by atoms with Crippen molar-refractivity contribution in [3.8, 4) is 0 Å². The van der Waals surface area contributed by atoms with E-state index >= 15 is 0 Å². The highest BCUT2D eigenvalue weighted by Crippen LogP contribution is 2.23. The maximum Gasteiger partial charge on any atom is 0.390 e. The number of carbonyl (C=O) groups is 1. The predicted octanol–water partition coefficient (Wildman–Crippen LogP) is 1.32. The van der Waals surface area contributed by atoms with Gasteiger partial charge in [-0.05, 0) is 0 Å². The van der Waals surface area contributed by atoms with Crippen LogP contribution in [0.25, 0.3) is 0 Å². The third-order valence-corrected chi connectivity index (χ3v) is 1.11. The molecule has 0 radical (unpaired) electrons. The summed E-state index contributed by atoms with van der Waals surface area (Å²) in [5, 5.41) is 6.32. The number of aliphatic carboxylic acids is 1. The van der Waals surface area contributed by atoms with E-state index in [1.165, 1.54) is 0 Å². The minimum atomic E-state index is -4.45. The Morgan fingerprint density at radius 2 is 2.00 bits per heavy atom. The highest BCUT2D eigenvalue weighted by molar-refractivity contribution is 7.81. The molecule has 0 aliphatic carbocycles. The quantitative estimate of drug-likeness (QED) is 0.619. The maximum absolute atomic E-state index is 11.4. The molecule has 6 heteroatoms. The molecule has 0 spiro atoms. The number of thiol groups is 1. The molecule has 0 amide bonds. The molecule has 0 aliphatic heterocycles. The van der Waals surface area contributed by atoms with E-state index in [1.807, 2.05) is 0 Å². The van der Waals surface area contributed by atoms with Gasteiger partial charge in [0.1, 0.15) is 5.25 Å². The van der Waals surface area contributed by atoms with Crippen LogP contribution in [0.2, 0.25) is 0 Å². The van der Waals surface area contributed by atoms with Gasteiger partial charge in [-0.2, -0.15) is 25.8 Å². The molecule has 1 N–H and O–H groups in total. The third-order valence-electron chi connectivity index (χ3n) is 0.710. The predicted molar refractivity (Wildman–Crippen MR) is 31.1 cm³/mol. The van der Waals surface area contributed by atoms with Crippen molar-refractivity contribution >= 4 is 18.6 Å². The fourth-order valence-electron chi connectivity index (χ4n) is 0.307. The molecule has 0 rings (SSSR count). The molecular formula is C4H5F3O2S. The van der Waals surface area contributed by atoms with Gasteiger partial charge in [0.25, 0.3) is 0 Å². The van der Waals surface area contributed by atoms with Crippen molar-refractivity contribution in [1.82, 2.24) is 0 Å². The molecule has 2 nitrogen and oxygen atoms in total. The number of hydrogen-bond donors (Lipinski definition) is 2. The van der Waals surface area contributed by atoms with Crippen LogP contribution in [0.3, 0.4) is 0 Å². The SMILES string of the molecule is O=C(O)[C@@H](S)CC(F)(F)F. The van der Waals surface area contributed by atoms with Crippen LogP contribution < -0.4 is 0 Å². The molecule has 0 saturated heterocycles. The molecule has 0 saturated carbocycles. The van der Waals surface area contributed by atoms with Crippen molar-refractivity contribution in [2.45, 2.75) is 17.8 Å². The number of carboxylic acid groups (broad SMARTS) is 1. The summed E-state index contributed by atoms with van der Waals surface area (Å²) in [6.07, 6.45) is -5.85. The van der Waals surface area contributed by atoms with Crippen LogP contribution in [0, 0.1) is 0 Å². The molecule has 0 heterocycles. The minimum Gasteiger partial charge on any atom is -0.480 e. The van der Waals surface area contributed by atoms with Gasteiger partial charge >= 0.3 is 12.1 Å². The first-order valence-corrected chi connectivity index (χ1v) is 2.82. The molecule has 10 heavy (non-hydrogen) atoms. The largest absolute Gasteiger partial charge is 0.480 e. The first-order chi connectivity index (χ1) is 4.33. The highest BCUT2D eigenvalue weighted by atomic mass is 32.1. The monoisotopic (exact) mass is 174 g/mol. The van der Waals surface area contributed by atoms with E-state index in [1.54, 1.807) is 0 Å². The number of halogens is 3. The van der Waals surface area contributed by atoms with Crippen LogP contribution in [0.1, 0.15) is 6.42 Å². The average Bonchev–Trinajstić information content (AvgIpc) is 1.60. The molecule has 1 atom stereocenters. The molecule has 0 bridgehead atoms. The highest BCUT2D eigenvalue weighted by Gasteiger charge is 2.33. The van der Waals surface area contributed by atoms with Crippen molar-refractivity contribution in [3.05, 3.63) is 0 Å². The Bertz CT molecular complexity index is 133. The van der Waals surface area contributed by atoms with Gasteiger partial charge in [0.2, 0.25) is 0 Å². The van der Waals surface area contributed by atoms with Crippen molar-refractivity contribution < 1.29 is 23.1 Å². The lowest BCUT2D eigenvalue weighted by Crippen LogP contribution is -2.22. The van der Waals surface area contributed by atoms with Crippen LogP contribution in [0.5, 0.6) is 0 Å². The summed E-state index contributed by atoms with van der Waals surface area (Å²) in [5.74, 6) is -1.55. The fraction of sp³-hybridized carbons (Fsp3) is 0.750. The van der Waals surface area contributed by atoms with E-state index in [4.69, 9.17) is 5.11 Å². The Hall–Kier alpha value is -0.390. The minimum absolute atomic E-state index is 1.40. The zero-order valence-electron chi connectivity index (χ0n) is 4.72. The summed E-state index contributed by atoms with van der Waals surface area (Å²) in [6.45, 7) is 0. The zero-order valence-corrected chi connectivity index (χ0v) is 5.62. The first kappa shape index (κ1) is 9.61. The Kier molecular flexibility index (Phi) is 3.01. The molecule has 0 aromatic heterocycles. The molecule has 0 aliphatic rings. The second kappa shape index (κ2) is 3.14. The van der Waals surface area contributed by atoms with Crippen LogP contribution in [-0.2, 0) is 4.79 Å². The van der Waals surface area contributed by atoms with Crippen LogP contribution in [0.4, 0.5) is 13.2 Å². The van der Waals surface area contributed by atoms with Crippen LogP contribution >= 0.6 is 12.6 Å². The van der Waals surface area contributed by atoms with Gasteiger partial charge in [-0.1, -0.05) is 0 Å². The van der Waals surface area contributed by atoms with Gasteiger partial charge in [0, 0.05) is 0 Å². The Labute approximate surface area is 60.4 Å². The standard InChI is InChI=1S/C4H5F3O2S/c5-4(6,7)1-2(10)3(8)9/h2,10H,1H2,(H,8,9)/t2-/m0/s1. The summed E-state index contributed by atoms with van der Waals surface area (Å²) < 4.78 is 34.1. The second-order valence-electron chi connectivity index (χ2n) is 1.67. The van der Waals surface area contributed by atoms with Crippen LogP contribution in [0.15, 0.2) is 0 Å². The van der Waals surface area contributed by atoms with Crippen LogP contribution in [-0.4, -0.2) is 22.5 Å². The van der Waals surface area contributed by atoms with Crippen molar-refractivity contribution in [2.24, 2.45) is 0 Å². The van der Waals surface area contributed by atoms with E-state index in [0.717, 1.165) is 0 Å². The number of rotatable bonds is 2. The van der Waals surface area contributed by atoms with E-state index in [-0.39, 0.29) is 0 Å². The van der Waals surface area contributed by atoms with E-state index < -0.39 is 23.8 Å². The first-order valence-electron chi connectivity index (χ1n) is 2.30. The summed E-state index contributed by atoms with van der Waals surface area (Å²) >= 11 is 3.20. The fourth-order valence-corrected chi connectivity index (χ4v) is 0.514. The van der Waals surface area contributed by atoms with E-state index in [0.29, 0.717) is 0 Å². The zero-order chi connectivity index (χ0) is 8.36. The lowest BCUT2D eigenvalue weighted by molar-refractivity contribution is -0.151. The topological polar surface area (TPSA) is 37.3 Å². The number of alkyl halides is 3.